The van der Waals surface area contributed by atoms with Crippen LogP contribution in [0.2, 0.25) is 5.02 Å². The Kier molecular flexibility index (Phi) is 6.13. The van der Waals surface area contributed by atoms with Crippen molar-refractivity contribution >= 4 is 34.1 Å². The van der Waals surface area contributed by atoms with Crippen molar-refractivity contribution in [1.82, 2.24) is 0 Å². The van der Waals surface area contributed by atoms with E-state index < -0.39 is 34.4 Å². The highest BCUT2D eigenvalue weighted by atomic mass is 35.5. The molecule has 7 heteroatoms. The fourth-order valence-electron chi connectivity index (χ4n) is 5.19. The highest BCUT2D eigenvalue weighted by Crippen LogP contribution is 2.57. The summed E-state index contributed by atoms with van der Waals surface area (Å²) in [6, 6.07) is 27.9. The molecule has 1 aliphatic rings. The van der Waals surface area contributed by atoms with Crippen LogP contribution < -0.4 is 5.63 Å². The minimum atomic E-state index is -1.96. The molecule has 5 rings (SSSR count). The molecule has 1 fully saturated rings. The molecule has 1 heterocycles. The predicted octanol–water partition coefficient (Wildman–Crippen LogP) is 6.29. The second kappa shape index (κ2) is 9.43. The summed E-state index contributed by atoms with van der Waals surface area (Å²) < 4.78 is 5.54. The highest BCUT2D eigenvalue weighted by molar-refractivity contribution is 6.36. The lowest BCUT2D eigenvalue weighted by Crippen LogP contribution is -2.43. The minimum Gasteiger partial charge on any atom is -0.507 e. The summed E-state index contributed by atoms with van der Waals surface area (Å²) in [5.41, 5.74) is -2.16. The van der Waals surface area contributed by atoms with Crippen LogP contribution in [-0.2, 0) is 4.79 Å². The van der Waals surface area contributed by atoms with Gasteiger partial charge in [0.05, 0.1) is 28.6 Å². The first-order valence-electron chi connectivity index (χ1n) is 11.5. The zero-order valence-electron chi connectivity index (χ0n) is 19.4. The standard InChI is InChI=1S/C30H19ClN2O4/c31-27-20-13-7-8-14-23(20)37-29(36)25(27)26-24(28(35)19-11-5-2-6-12-19)22(34)15-21(30(26,16-32)17-33)18-9-3-1-4-10-18/h1-14,21,26,35H,15H2/b28-24-/t21-,26-/m0/s1. The van der Waals surface area contributed by atoms with Gasteiger partial charge in [-0.1, -0.05) is 84.4 Å². The number of carbonyl (C=O) groups excluding carboxylic acids is 1. The van der Waals surface area contributed by atoms with Crippen LogP contribution in [-0.4, -0.2) is 10.9 Å². The summed E-state index contributed by atoms with van der Waals surface area (Å²) in [4.78, 5) is 27.2. The lowest BCUT2D eigenvalue weighted by atomic mass is 9.55. The fraction of sp³-hybridized carbons (Fsp3) is 0.133. The monoisotopic (exact) mass is 506 g/mol. The average molecular weight is 507 g/mol. The fourth-order valence-corrected chi connectivity index (χ4v) is 5.53. The van der Waals surface area contributed by atoms with Crippen LogP contribution in [0.4, 0.5) is 0 Å². The first-order valence-corrected chi connectivity index (χ1v) is 11.9. The lowest BCUT2D eigenvalue weighted by molar-refractivity contribution is -0.118. The SMILES string of the molecule is N#CC1(C#N)[C@H](c2ccccc2)CC(=O)/C(=C(/O)c2ccccc2)[C@H]1c1c(Cl)c2ccccc2oc1=O. The van der Waals surface area contributed by atoms with Crippen molar-refractivity contribution in [3.8, 4) is 12.1 Å². The van der Waals surface area contributed by atoms with E-state index in [9.17, 15) is 25.2 Å². The first-order chi connectivity index (χ1) is 17.9. The lowest BCUT2D eigenvalue weighted by Gasteiger charge is -2.41. The van der Waals surface area contributed by atoms with E-state index in [1.165, 1.54) is 0 Å². The van der Waals surface area contributed by atoms with Gasteiger partial charge in [-0.25, -0.2) is 4.79 Å². The maximum Gasteiger partial charge on any atom is 0.341 e. The van der Waals surface area contributed by atoms with Crippen LogP contribution in [0.25, 0.3) is 16.7 Å². The topological polar surface area (TPSA) is 115 Å². The van der Waals surface area contributed by atoms with Crippen LogP contribution in [0.5, 0.6) is 0 Å². The molecule has 0 unspecified atom stereocenters. The number of carbonyl (C=O) groups is 1. The number of para-hydroxylation sites is 1. The number of nitrogens with zero attached hydrogens (tertiary/aromatic N) is 2. The molecule has 1 aromatic heterocycles. The Morgan fingerprint density at radius 2 is 1.51 bits per heavy atom. The Hall–Kier alpha value is -4.65. The molecule has 180 valence electrons. The summed E-state index contributed by atoms with van der Waals surface area (Å²) in [5, 5.41) is 32.9. The molecule has 4 aromatic rings. The molecular weight excluding hydrogens is 488 g/mol. The largest absolute Gasteiger partial charge is 0.507 e. The number of hydrogen-bond acceptors (Lipinski definition) is 6. The van der Waals surface area contributed by atoms with Gasteiger partial charge in [0.25, 0.3) is 0 Å². The van der Waals surface area contributed by atoms with Gasteiger partial charge in [-0.05, 0) is 17.7 Å². The third-order valence-electron chi connectivity index (χ3n) is 6.93. The molecule has 0 amide bonds. The summed E-state index contributed by atoms with van der Waals surface area (Å²) >= 11 is 6.78. The van der Waals surface area contributed by atoms with Crippen molar-refractivity contribution in [3.05, 3.63) is 123 Å². The van der Waals surface area contributed by atoms with Gasteiger partial charge in [0, 0.05) is 28.9 Å². The van der Waals surface area contributed by atoms with E-state index in [0.717, 1.165) is 0 Å². The Balaban J connectivity index is 1.91. The number of hydrogen-bond donors (Lipinski definition) is 1. The second-order valence-corrected chi connectivity index (χ2v) is 9.24. The van der Waals surface area contributed by atoms with E-state index in [0.29, 0.717) is 16.5 Å². The quantitative estimate of drug-likeness (QED) is 0.198. The number of nitriles is 2. The van der Waals surface area contributed by atoms with E-state index in [1.807, 2.05) is 0 Å². The van der Waals surface area contributed by atoms with Crippen LogP contribution in [0.15, 0.2) is 99.7 Å². The van der Waals surface area contributed by atoms with Crippen LogP contribution in [0.1, 0.15) is 34.9 Å². The Bertz CT molecular complexity index is 1680. The molecular formula is C30H19ClN2O4. The van der Waals surface area contributed by atoms with Crippen LogP contribution >= 0.6 is 11.6 Å². The summed E-state index contributed by atoms with van der Waals surface area (Å²) in [6.45, 7) is 0. The molecule has 0 saturated heterocycles. The van der Waals surface area contributed by atoms with E-state index in [2.05, 4.69) is 12.1 Å². The Morgan fingerprint density at radius 3 is 2.16 bits per heavy atom. The second-order valence-electron chi connectivity index (χ2n) is 8.86. The number of allylic oxidation sites excluding steroid dienone is 1. The smallest absolute Gasteiger partial charge is 0.341 e. The zero-order chi connectivity index (χ0) is 26.2. The van der Waals surface area contributed by atoms with Crippen molar-refractivity contribution in [2.24, 2.45) is 5.41 Å². The number of halogens is 1. The molecule has 0 bridgehead atoms. The molecule has 1 saturated carbocycles. The predicted molar refractivity (Wildman–Crippen MR) is 139 cm³/mol. The van der Waals surface area contributed by atoms with Gasteiger partial charge in [-0.15, -0.1) is 0 Å². The van der Waals surface area contributed by atoms with E-state index in [-0.39, 0.29) is 28.2 Å². The number of aliphatic hydroxyl groups is 1. The van der Waals surface area contributed by atoms with Gasteiger partial charge < -0.3 is 9.52 Å². The van der Waals surface area contributed by atoms with Gasteiger partial charge in [-0.3, -0.25) is 4.79 Å². The number of benzene rings is 3. The van der Waals surface area contributed by atoms with Gasteiger partial charge in [-0.2, -0.15) is 10.5 Å². The van der Waals surface area contributed by atoms with Gasteiger partial charge >= 0.3 is 5.63 Å². The van der Waals surface area contributed by atoms with Crippen molar-refractivity contribution in [2.75, 3.05) is 0 Å². The van der Waals surface area contributed by atoms with Crippen molar-refractivity contribution in [2.45, 2.75) is 18.3 Å². The summed E-state index contributed by atoms with van der Waals surface area (Å²) in [5.74, 6) is -3.29. The van der Waals surface area contributed by atoms with E-state index >= 15 is 0 Å². The third-order valence-corrected chi connectivity index (χ3v) is 7.34. The number of Topliss-reactive ketones (excluding diaryl/α,β-unsaturated/α-hetero) is 1. The molecule has 1 N–H and O–H groups in total. The average Bonchev–Trinajstić information content (AvgIpc) is 2.94. The van der Waals surface area contributed by atoms with Crippen molar-refractivity contribution < 1.29 is 14.3 Å². The molecule has 1 aliphatic carbocycles. The first kappa shape index (κ1) is 24.1. The summed E-state index contributed by atoms with van der Waals surface area (Å²) in [7, 11) is 0. The van der Waals surface area contributed by atoms with Crippen LogP contribution in [0.3, 0.4) is 0 Å². The molecule has 6 nitrogen and oxygen atoms in total. The van der Waals surface area contributed by atoms with E-state index in [1.54, 1.807) is 84.9 Å². The van der Waals surface area contributed by atoms with Gasteiger partial charge in [0.2, 0.25) is 0 Å². The highest BCUT2D eigenvalue weighted by Gasteiger charge is 2.57. The van der Waals surface area contributed by atoms with Gasteiger partial charge in [0.1, 0.15) is 11.3 Å². The molecule has 2 atom stereocenters. The van der Waals surface area contributed by atoms with Gasteiger partial charge in [0.15, 0.2) is 11.2 Å². The number of rotatable bonds is 3. The third kappa shape index (κ3) is 3.80. The Labute approximate surface area is 217 Å². The minimum absolute atomic E-state index is 0.0356. The summed E-state index contributed by atoms with van der Waals surface area (Å²) in [6.07, 6.45) is -0.218. The van der Waals surface area contributed by atoms with Crippen molar-refractivity contribution in [1.29, 1.82) is 10.5 Å². The number of ketones is 1. The Morgan fingerprint density at radius 1 is 0.919 bits per heavy atom. The molecule has 3 aromatic carbocycles. The van der Waals surface area contributed by atoms with E-state index in [4.69, 9.17) is 16.0 Å². The zero-order valence-corrected chi connectivity index (χ0v) is 20.1. The van der Waals surface area contributed by atoms with Crippen molar-refractivity contribution in [3.63, 3.8) is 0 Å². The molecule has 0 radical (unpaired) electrons. The maximum atomic E-state index is 13.8. The number of aliphatic hydroxyl groups excluding tert-OH is 1. The maximum absolute atomic E-state index is 13.8. The molecule has 0 spiro atoms. The van der Waals surface area contributed by atoms with Crippen LogP contribution in [0, 0.1) is 28.1 Å². The number of fused-ring (bicyclic) bond motifs is 1. The molecule has 0 aliphatic heterocycles. The normalized spacial score (nSPS) is 20.1. The molecule has 37 heavy (non-hydrogen) atoms.